The van der Waals surface area contributed by atoms with E-state index in [1.165, 1.54) is 7.11 Å². The number of thioether (sulfide) groups is 1. The number of hydrogen-bond acceptors (Lipinski definition) is 6. The predicted molar refractivity (Wildman–Crippen MR) is 92.9 cm³/mol. The van der Waals surface area contributed by atoms with Crippen LogP contribution in [0.1, 0.15) is 16.8 Å². The van der Waals surface area contributed by atoms with E-state index < -0.39 is 0 Å². The Morgan fingerprint density at radius 1 is 1.42 bits per heavy atom. The van der Waals surface area contributed by atoms with Crippen molar-refractivity contribution in [2.45, 2.75) is 12.2 Å². The molecule has 0 unspecified atom stereocenters. The summed E-state index contributed by atoms with van der Waals surface area (Å²) < 4.78 is 0. The SMILES string of the molecule is CO/N=C(\NC=O)c1ccc(-c2nc3c(c(=O)[nH]2)CSCC3)cc1. The molecule has 1 aliphatic heterocycles. The van der Waals surface area contributed by atoms with Crippen molar-refractivity contribution in [2.75, 3.05) is 12.9 Å². The molecule has 3 rings (SSSR count). The van der Waals surface area contributed by atoms with Crippen LogP contribution in [0.25, 0.3) is 11.4 Å². The quantitative estimate of drug-likeness (QED) is 0.377. The standard InChI is InChI=1S/C16H16N4O3S/c1-23-20-14(17-9-21)10-2-4-11(5-3-10)15-18-13-6-7-24-8-12(13)16(22)19-15/h2-5,9H,6-8H2,1H3,(H,17,20,21)(H,18,19,22). The van der Waals surface area contributed by atoms with Gasteiger partial charge in [-0.25, -0.2) is 4.98 Å². The minimum Gasteiger partial charge on any atom is -0.397 e. The van der Waals surface area contributed by atoms with Crippen LogP contribution in [0.5, 0.6) is 0 Å². The van der Waals surface area contributed by atoms with Gasteiger partial charge in [0.2, 0.25) is 6.41 Å². The molecule has 0 radical (unpaired) electrons. The first-order valence-electron chi connectivity index (χ1n) is 7.35. The monoisotopic (exact) mass is 344 g/mol. The molecule has 0 bridgehead atoms. The van der Waals surface area contributed by atoms with Crippen molar-refractivity contribution >= 4 is 24.0 Å². The topological polar surface area (TPSA) is 96.4 Å². The van der Waals surface area contributed by atoms with Crippen LogP contribution in [0.15, 0.2) is 34.2 Å². The minimum atomic E-state index is -0.0736. The van der Waals surface area contributed by atoms with Crippen LogP contribution in [-0.4, -0.2) is 35.1 Å². The number of H-pyrrole nitrogens is 1. The van der Waals surface area contributed by atoms with Gasteiger partial charge in [-0.05, 0) is 12.2 Å². The normalized spacial score (nSPS) is 14.0. The number of aromatic nitrogens is 2. The summed E-state index contributed by atoms with van der Waals surface area (Å²) in [5.41, 5.74) is 3.05. The number of nitrogens with one attached hydrogen (secondary N) is 2. The van der Waals surface area contributed by atoms with Crippen LogP contribution >= 0.6 is 11.8 Å². The molecule has 0 spiro atoms. The van der Waals surface area contributed by atoms with Gasteiger partial charge in [0.1, 0.15) is 12.9 Å². The molecule has 0 atom stereocenters. The van der Waals surface area contributed by atoms with Gasteiger partial charge in [-0.1, -0.05) is 29.4 Å². The molecule has 1 amide bonds. The highest BCUT2D eigenvalue weighted by Crippen LogP contribution is 2.22. The first kappa shape index (κ1) is 16.3. The molecule has 8 heteroatoms. The molecule has 2 aromatic rings. The van der Waals surface area contributed by atoms with E-state index in [2.05, 4.69) is 20.4 Å². The number of amides is 1. The number of nitrogens with zero attached hydrogens (tertiary/aromatic N) is 2. The summed E-state index contributed by atoms with van der Waals surface area (Å²) in [6.07, 6.45) is 1.34. The van der Waals surface area contributed by atoms with Gasteiger partial charge in [0.15, 0.2) is 5.84 Å². The fourth-order valence-electron chi connectivity index (χ4n) is 2.48. The van der Waals surface area contributed by atoms with E-state index in [0.717, 1.165) is 29.0 Å². The first-order valence-corrected chi connectivity index (χ1v) is 8.50. The highest BCUT2D eigenvalue weighted by atomic mass is 32.2. The Balaban J connectivity index is 1.94. The van der Waals surface area contributed by atoms with Gasteiger partial charge in [-0.15, -0.1) is 0 Å². The Bertz CT molecular complexity index is 830. The van der Waals surface area contributed by atoms with Crippen molar-refractivity contribution in [1.82, 2.24) is 15.3 Å². The highest BCUT2D eigenvalue weighted by Gasteiger charge is 2.16. The number of fused-ring (bicyclic) bond motifs is 1. The average molecular weight is 344 g/mol. The van der Waals surface area contributed by atoms with E-state index in [1.807, 2.05) is 12.1 Å². The van der Waals surface area contributed by atoms with Gasteiger partial charge in [0.25, 0.3) is 5.56 Å². The second-order valence-corrected chi connectivity index (χ2v) is 6.21. The third kappa shape index (κ3) is 3.33. The van der Waals surface area contributed by atoms with Crippen molar-refractivity contribution in [3.8, 4) is 11.4 Å². The molecular weight excluding hydrogens is 328 g/mol. The Labute approximate surface area is 142 Å². The summed E-state index contributed by atoms with van der Waals surface area (Å²) in [6.45, 7) is 0. The molecule has 0 saturated carbocycles. The largest absolute Gasteiger partial charge is 0.397 e. The second-order valence-electron chi connectivity index (χ2n) is 5.10. The molecule has 0 fully saturated rings. The Morgan fingerprint density at radius 3 is 2.92 bits per heavy atom. The van der Waals surface area contributed by atoms with E-state index in [1.54, 1.807) is 23.9 Å². The van der Waals surface area contributed by atoms with Crippen molar-refractivity contribution in [3.05, 3.63) is 51.4 Å². The Kier molecular flexibility index (Phi) is 4.95. The van der Waals surface area contributed by atoms with Gasteiger partial charge in [0, 0.05) is 22.4 Å². The van der Waals surface area contributed by atoms with Crippen molar-refractivity contribution in [3.63, 3.8) is 0 Å². The number of carbonyl (C=O) groups is 1. The van der Waals surface area contributed by atoms with E-state index in [4.69, 9.17) is 4.84 Å². The lowest BCUT2D eigenvalue weighted by molar-refractivity contribution is -0.108. The van der Waals surface area contributed by atoms with Crippen LogP contribution in [0.4, 0.5) is 0 Å². The number of hydrogen-bond donors (Lipinski definition) is 2. The van der Waals surface area contributed by atoms with Crippen molar-refractivity contribution in [2.24, 2.45) is 5.16 Å². The molecule has 124 valence electrons. The molecule has 2 N–H and O–H groups in total. The van der Waals surface area contributed by atoms with Gasteiger partial charge in [0.05, 0.1) is 5.69 Å². The molecule has 0 aliphatic carbocycles. The molecule has 0 saturated heterocycles. The predicted octanol–water partition coefficient (Wildman–Crippen LogP) is 1.28. The van der Waals surface area contributed by atoms with E-state index in [9.17, 15) is 9.59 Å². The lowest BCUT2D eigenvalue weighted by atomic mass is 10.1. The molecule has 1 aliphatic rings. The maximum atomic E-state index is 12.2. The first-order chi connectivity index (χ1) is 11.7. The minimum absolute atomic E-state index is 0.0736. The summed E-state index contributed by atoms with van der Waals surface area (Å²) in [5, 5.41) is 6.23. The molecular formula is C16H16N4O3S. The summed E-state index contributed by atoms with van der Waals surface area (Å²) in [4.78, 5) is 35.0. The zero-order chi connectivity index (χ0) is 16.9. The summed E-state index contributed by atoms with van der Waals surface area (Å²) >= 11 is 1.75. The summed E-state index contributed by atoms with van der Waals surface area (Å²) in [7, 11) is 1.40. The third-order valence-electron chi connectivity index (χ3n) is 3.64. The zero-order valence-corrected chi connectivity index (χ0v) is 13.9. The van der Waals surface area contributed by atoms with Gasteiger partial charge in [-0.3, -0.25) is 9.59 Å². The third-order valence-corrected chi connectivity index (χ3v) is 4.63. The van der Waals surface area contributed by atoms with E-state index in [-0.39, 0.29) is 5.56 Å². The molecule has 24 heavy (non-hydrogen) atoms. The Hall–Kier alpha value is -2.61. The lowest BCUT2D eigenvalue weighted by Gasteiger charge is -2.14. The lowest BCUT2D eigenvalue weighted by Crippen LogP contribution is -2.23. The number of oxime groups is 1. The van der Waals surface area contributed by atoms with Crippen LogP contribution < -0.4 is 10.9 Å². The van der Waals surface area contributed by atoms with E-state index >= 15 is 0 Å². The second kappa shape index (κ2) is 7.31. The molecule has 1 aromatic carbocycles. The van der Waals surface area contributed by atoms with Crippen LogP contribution in [0, 0.1) is 0 Å². The average Bonchev–Trinajstić information content (AvgIpc) is 2.62. The van der Waals surface area contributed by atoms with Gasteiger partial charge in [-0.2, -0.15) is 11.8 Å². The highest BCUT2D eigenvalue weighted by molar-refractivity contribution is 7.98. The number of aromatic amines is 1. The number of aryl methyl sites for hydroxylation is 1. The number of rotatable bonds is 4. The summed E-state index contributed by atoms with van der Waals surface area (Å²) in [5.74, 6) is 2.55. The molecule has 2 heterocycles. The number of carbonyl (C=O) groups excluding carboxylic acids is 1. The summed E-state index contributed by atoms with van der Waals surface area (Å²) in [6, 6.07) is 7.18. The molecule has 1 aromatic heterocycles. The van der Waals surface area contributed by atoms with Crippen LogP contribution in [-0.2, 0) is 21.8 Å². The van der Waals surface area contributed by atoms with Crippen molar-refractivity contribution < 1.29 is 9.63 Å². The van der Waals surface area contributed by atoms with E-state index in [0.29, 0.717) is 29.4 Å². The van der Waals surface area contributed by atoms with Crippen LogP contribution in [0.2, 0.25) is 0 Å². The fraction of sp³-hybridized carbons (Fsp3) is 0.250. The number of amidine groups is 1. The zero-order valence-electron chi connectivity index (χ0n) is 13.0. The van der Waals surface area contributed by atoms with Gasteiger partial charge < -0.3 is 15.1 Å². The van der Waals surface area contributed by atoms with Crippen molar-refractivity contribution in [1.29, 1.82) is 0 Å². The van der Waals surface area contributed by atoms with Crippen LogP contribution in [0.3, 0.4) is 0 Å². The molecule has 7 nitrogen and oxygen atoms in total. The fourth-order valence-corrected chi connectivity index (χ4v) is 3.46. The Morgan fingerprint density at radius 2 is 2.21 bits per heavy atom. The number of benzene rings is 1. The smallest absolute Gasteiger partial charge is 0.255 e. The maximum absolute atomic E-state index is 12.2. The van der Waals surface area contributed by atoms with Gasteiger partial charge >= 0.3 is 0 Å². The maximum Gasteiger partial charge on any atom is 0.255 e.